The summed E-state index contributed by atoms with van der Waals surface area (Å²) in [6.45, 7) is 2.82. The van der Waals surface area contributed by atoms with E-state index in [0.29, 0.717) is 6.10 Å². The smallest absolute Gasteiger partial charge is 0.146 e. The lowest BCUT2D eigenvalue weighted by Gasteiger charge is -2.15. The Kier molecular flexibility index (Phi) is 3.63. The molecule has 1 saturated heterocycles. The van der Waals surface area contributed by atoms with Crippen molar-refractivity contribution in [1.29, 1.82) is 0 Å². The summed E-state index contributed by atoms with van der Waals surface area (Å²) in [6, 6.07) is 2.06. The van der Waals surface area contributed by atoms with Crippen molar-refractivity contribution in [1.82, 2.24) is 14.9 Å². The number of anilines is 1. The molecule has 0 aromatic carbocycles. The molecule has 1 aliphatic rings. The Morgan fingerprint density at radius 2 is 2.42 bits per heavy atom. The second-order valence-electron chi connectivity index (χ2n) is 4.76. The zero-order chi connectivity index (χ0) is 13.2. The fraction of sp³-hybridized carbons (Fsp3) is 0.538. The second-order valence-corrected chi connectivity index (χ2v) is 5.65. The van der Waals surface area contributed by atoms with Gasteiger partial charge < -0.3 is 10.1 Å². The second kappa shape index (κ2) is 5.40. The van der Waals surface area contributed by atoms with Gasteiger partial charge in [-0.1, -0.05) is 0 Å². The van der Waals surface area contributed by atoms with E-state index in [0.717, 1.165) is 47.9 Å². The van der Waals surface area contributed by atoms with E-state index in [1.165, 1.54) is 0 Å². The quantitative estimate of drug-likeness (QED) is 0.926. The highest BCUT2D eigenvalue weighted by molar-refractivity contribution is 7.16. The number of ether oxygens (including phenoxy) is 1. The molecule has 1 atom stereocenters. The minimum atomic E-state index is 0.356. The number of aromatic nitrogens is 2. The highest BCUT2D eigenvalue weighted by Gasteiger charge is 2.23. The third-order valence-electron chi connectivity index (χ3n) is 3.54. The van der Waals surface area contributed by atoms with Gasteiger partial charge in [0.25, 0.3) is 0 Å². The van der Waals surface area contributed by atoms with E-state index in [1.807, 2.05) is 7.05 Å². The van der Waals surface area contributed by atoms with Gasteiger partial charge in [-0.05, 0) is 17.9 Å². The number of hydrogen-bond donors (Lipinski definition) is 1. The number of fused-ring (bicyclic) bond motifs is 1. The number of thiophene rings is 1. The first-order valence-corrected chi connectivity index (χ1v) is 7.35. The van der Waals surface area contributed by atoms with Crippen LogP contribution in [0.5, 0.6) is 0 Å². The van der Waals surface area contributed by atoms with Gasteiger partial charge in [0.05, 0.1) is 18.0 Å². The molecule has 0 bridgehead atoms. The van der Waals surface area contributed by atoms with Gasteiger partial charge in [0.1, 0.15) is 16.5 Å². The van der Waals surface area contributed by atoms with Crippen molar-refractivity contribution in [2.45, 2.75) is 19.1 Å². The van der Waals surface area contributed by atoms with Crippen LogP contribution < -0.4 is 5.32 Å². The maximum Gasteiger partial charge on any atom is 0.146 e. The van der Waals surface area contributed by atoms with Gasteiger partial charge in [-0.15, -0.1) is 11.3 Å². The fourth-order valence-electron chi connectivity index (χ4n) is 2.49. The van der Waals surface area contributed by atoms with Gasteiger partial charge in [-0.25, -0.2) is 9.97 Å². The number of nitrogens with zero attached hydrogens (tertiary/aromatic N) is 3. The first-order valence-electron chi connectivity index (χ1n) is 6.47. The molecule has 1 unspecified atom stereocenters. The molecule has 0 radical (unpaired) electrons. The fourth-order valence-corrected chi connectivity index (χ4v) is 3.28. The van der Waals surface area contributed by atoms with Crippen LogP contribution in [0.4, 0.5) is 5.82 Å². The SMILES string of the molecule is CNc1nc(CN2CCC(OC)C2)nc2sccc12. The molecule has 1 fully saturated rings. The maximum absolute atomic E-state index is 5.39. The Balaban J connectivity index is 1.81. The van der Waals surface area contributed by atoms with E-state index in [9.17, 15) is 0 Å². The van der Waals surface area contributed by atoms with Crippen LogP contribution in [0.2, 0.25) is 0 Å². The number of rotatable bonds is 4. The monoisotopic (exact) mass is 278 g/mol. The summed E-state index contributed by atoms with van der Waals surface area (Å²) >= 11 is 1.66. The van der Waals surface area contributed by atoms with Crippen LogP contribution in [-0.2, 0) is 11.3 Å². The Labute approximate surface area is 116 Å². The first-order chi connectivity index (χ1) is 9.30. The van der Waals surface area contributed by atoms with E-state index >= 15 is 0 Å². The van der Waals surface area contributed by atoms with Gasteiger partial charge in [0, 0.05) is 27.2 Å². The molecular weight excluding hydrogens is 260 g/mol. The summed E-state index contributed by atoms with van der Waals surface area (Å²) in [5.41, 5.74) is 0. The van der Waals surface area contributed by atoms with Crippen LogP contribution in [0.1, 0.15) is 12.2 Å². The number of likely N-dealkylation sites (tertiary alicyclic amines) is 1. The third-order valence-corrected chi connectivity index (χ3v) is 4.34. The average molecular weight is 278 g/mol. The van der Waals surface area contributed by atoms with Gasteiger partial charge in [-0.2, -0.15) is 0 Å². The van der Waals surface area contributed by atoms with E-state index in [1.54, 1.807) is 18.4 Å². The van der Waals surface area contributed by atoms with Crippen LogP contribution in [0, 0.1) is 0 Å². The Morgan fingerprint density at radius 1 is 1.53 bits per heavy atom. The van der Waals surface area contributed by atoms with Crippen molar-refractivity contribution in [3.63, 3.8) is 0 Å². The summed E-state index contributed by atoms with van der Waals surface area (Å²) in [7, 11) is 3.68. The van der Waals surface area contributed by atoms with Gasteiger partial charge in [0.2, 0.25) is 0 Å². The van der Waals surface area contributed by atoms with Crippen molar-refractivity contribution in [3.8, 4) is 0 Å². The standard InChI is InChI=1S/C13H18N4OS/c1-14-12-10-4-6-19-13(10)16-11(15-12)8-17-5-3-9(7-17)18-2/h4,6,9H,3,5,7-8H2,1-2H3,(H,14,15,16). The highest BCUT2D eigenvalue weighted by Crippen LogP contribution is 2.25. The molecule has 1 aliphatic heterocycles. The van der Waals surface area contributed by atoms with Crippen molar-refractivity contribution >= 4 is 27.4 Å². The number of methoxy groups -OCH3 is 1. The summed E-state index contributed by atoms with van der Waals surface area (Å²) in [5.74, 6) is 1.81. The minimum Gasteiger partial charge on any atom is -0.380 e. The molecule has 6 heteroatoms. The van der Waals surface area contributed by atoms with Crippen molar-refractivity contribution in [2.75, 3.05) is 32.6 Å². The Bertz CT molecular complexity index is 571. The van der Waals surface area contributed by atoms with Crippen molar-refractivity contribution in [2.24, 2.45) is 0 Å². The zero-order valence-electron chi connectivity index (χ0n) is 11.2. The van der Waals surface area contributed by atoms with Gasteiger partial charge >= 0.3 is 0 Å². The Morgan fingerprint density at radius 3 is 3.16 bits per heavy atom. The summed E-state index contributed by atoms with van der Waals surface area (Å²) in [4.78, 5) is 12.7. The lowest BCUT2D eigenvalue weighted by atomic mass is 10.3. The lowest BCUT2D eigenvalue weighted by Crippen LogP contribution is -2.23. The van der Waals surface area contributed by atoms with Crippen molar-refractivity contribution in [3.05, 3.63) is 17.3 Å². The van der Waals surface area contributed by atoms with Crippen LogP contribution in [0.3, 0.4) is 0 Å². The highest BCUT2D eigenvalue weighted by atomic mass is 32.1. The predicted molar refractivity (Wildman–Crippen MR) is 77.7 cm³/mol. The minimum absolute atomic E-state index is 0.356. The maximum atomic E-state index is 5.39. The Hall–Kier alpha value is -1.24. The normalized spacial score (nSPS) is 20.2. The molecule has 2 aromatic rings. The molecule has 19 heavy (non-hydrogen) atoms. The average Bonchev–Trinajstić information content (AvgIpc) is 3.06. The summed E-state index contributed by atoms with van der Waals surface area (Å²) in [6.07, 6.45) is 1.45. The molecule has 3 rings (SSSR count). The van der Waals surface area contributed by atoms with Gasteiger partial charge in [0.15, 0.2) is 0 Å². The predicted octanol–water partition coefficient (Wildman–Crippen LogP) is 1.95. The van der Waals surface area contributed by atoms with E-state index in [2.05, 4.69) is 31.6 Å². The van der Waals surface area contributed by atoms with Gasteiger partial charge in [-0.3, -0.25) is 4.90 Å². The molecule has 0 spiro atoms. The molecule has 0 amide bonds. The molecule has 5 nitrogen and oxygen atoms in total. The first kappa shape index (κ1) is 12.8. The molecule has 0 saturated carbocycles. The zero-order valence-corrected chi connectivity index (χ0v) is 12.0. The number of nitrogens with one attached hydrogen (secondary N) is 1. The van der Waals surface area contributed by atoms with Crippen molar-refractivity contribution < 1.29 is 4.74 Å². The molecular formula is C13H18N4OS. The summed E-state index contributed by atoms with van der Waals surface area (Å²) in [5, 5.41) is 6.31. The largest absolute Gasteiger partial charge is 0.380 e. The molecule has 0 aliphatic carbocycles. The molecule has 102 valence electrons. The third kappa shape index (κ3) is 2.56. The summed E-state index contributed by atoms with van der Waals surface area (Å²) < 4.78 is 5.39. The topological polar surface area (TPSA) is 50.3 Å². The van der Waals surface area contributed by atoms with Crippen LogP contribution in [0.15, 0.2) is 11.4 Å². The number of hydrogen-bond acceptors (Lipinski definition) is 6. The lowest BCUT2D eigenvalue weighted by molar-refractivity contribution is 0.107. The van der Waals surface area contributed by atoms with E-state index in [4.69, 9.17) is 4.74 Å². The molecule has 3 heterocycles. The molecule has 2 aromatic heterocycles. The van der Waals surface area contributed by atoms with E-state index in [-0.39, 0.29) is 0 Å². The molecule has 1 N–H and O–H groups in total. The van der Waals surface area contributed by atoms with Crippen LogP contribution >= 0.6 is 11.3 Å². The van der Waals surface area contributed by atoms with Crippen LogP contribution in [0.25, 0.3) is 10.2 Å². The van der Waals surface area contributed by atoms with Crippen LogP contribution in [-0.4, -0.2) is 48.2 Å². The van der Waals surface area contributed by atoms with E-state index < -0.39 is 0 Å².